The second kappa shape index (κ2) is 7.24. The fourth-order valence-electron chi connectivity index (χ4n) is 4.20. The average Bonchev–Trinajstić information content (AvgIpc) is 3.34. The van der Waals surface area contributed by atoms with E-state index < -0.39 is 10.0 Å². The number of nitrogens with zero attached hydrogens (tertiary/aromatic N) is 3. The van der Waals surface area contributed by atoms with E-state index in [1.54, 1.807) is 16.4 Å². The molecule has 1 aromatic heterocycles. The van der Waals surface area contributed by atoms with Crippen LogP contribution in [0.2, 0.25) is 0 Å². The van der Waals surface area contributed by atoms with E-state index in [0.717, 1.165) is 48.4 Å². The molecule has 2 fully saturated rings. The number of sulfonamides is 1. The van der Waals surface area contributed by atoms with Gasteiger partial charge in [0.25, 0.3) is 0 Å². The molecular weight excluding hydrogens is 358 g/mol. The summed E-state index contributed by atoms with van der Waals surface area (Å²) in [4.78, 5) is 7.36. The first-order valence-electron chi connectivity index (χ1n) is 9.77. The summed E-state index contributed by atoms with van der Waals surface area (Å²) in [6, 6.07) is 9.13. The second-order valence-corrected chi connectivity index (χ2v) is 9.57. The Morgan fingerprint density at radius 1 is 1.00 bits per heavy atom. The van der Waals surface area contributed by atoms with Crippen LogP contribution in [0.15, 0.2) is 41.4 Å². The SMILES string of the molecule is Cc1ccc(S(=O)(=O)N2CCCC2c2cnc(N3CCCC3)cc2C)cc1. The molecule has 0 bridgehead atoms. The van der Waals surface area contributed by atoms with Gasteiger partial charge in [0, 0.05) is 25.8 Å². The first kappa shape index (κ1) is 18.4. The third-order valence-corrected chi connectivity index (χ3v) is 7.68. The number of pyridine rings is 1. The summed E-state index contributed by atoms with van der Waals surface area (Å²) in [6.07, 6.45) is 6.05. The Morgan fingerprint density at radius 2 is 1.70 bits per heavy atom. The van der Waals surface area contributed by atoms with Crippen LogP contribution in [0, 0.1) is 13.8 Å². The van der Waals surface area contributed by atoms with Crippen LogP contribution in [0.1, 0.15) is 48.4 Å². The van der Waals surface area contributed by atoms with Gasteiger partial charge in [-0.2, -0.15) is 4.31 Å². The van der Waals surface area contributed by atoms with Crippen LogP contribution in [0.4, 0.5) is 5.82 Å². The maximum Gasteiger partial charge on any atom is 0.243 e. The van der Waals surface area contributed by atoms with Crippen molar-refractivity contribution in [3.8, 4) is 0 Å². The highest BCUT2D eigenvalue weighted by Crippen LogP contribution is 2.38. The van der Waals surface area contributed by atoms with Gasteiger partial charge in [-0.3, -0.25) is 0 Å². The zero-order valence-corrected chi connectivity index (χ0v) is 16.9. The third kappa shape index (κ3) is 3.48. The summed E-state index contributed by atoms with van der Waals surface area (Å²) in [7, 11) is -3.50. The van der Waals surface area contributed by atoms with E-state index in [1.165, 1.54) is 12.8 Å². The van der Waals surface area contributed by atoms with Gasteiger partial charge in [-0.15, -0.1) is 0 Å². The van der Waals surface area contributed by atoms with Crippen LogP contribution in [0.3, 0.4) is 0 Å². The molecule has 2 aliphatic heterocycles. The van der Waals surface area contributed by atoms with Crippen LogP contribution < -0.4 is 4.90 Å². The number of hydrogen-bond acceptors (Lipinski definition) is 4. The molecular formula is C21H27N3O2S. The number of aromatic nitrogens is 1. The monoisotopic (exact) mass is 385 g/mol. The number of anilines is 1. The highest BCUT2D eigenvalue weighted by molar-refractivity contribution is 7.89. The Bertz CT molecular complexity index is 919. The summed E-state index contributed by atoms with van der Waals surface area (Å²) < 4.78 is 28.1. The van der Waals surface area contributed by atoms with Crippen molar-refractivity contribution in [1.29, 1.82) is 0 Å². The van der Waals surface area contributed by atoms with Crippen LogP contribution in [0.5, 0.6) is 0 Å². The minimum atomic E-state index is -3.50. The molecule has 1 unspecified atom stereocenters. The molecule has 0 N–H and O–H groups in total. The molecule has 4 rings (SSSR count). The normalized spacial score (nSPS) is 21.1. The molecule has 2 aliphatic rings. The quantitative estimate of drug-likeness (QED) is 0.803. The van der Waals surface area contributed by atoms with Crippen LogP contribution >= 0.6 is 0 Å². The van der Waals surface area contributed by atoms with Crippen molar-refractivity contribution < 1.29 is 8.42 Å². The average molecular weight is 386 g/mol. The number of rotatable bonds is 4. The number of hydrogen-bond donors (Lipinski definition) is 0. The highest BCUT2D eigenvalue weighted by atomic mass is 32.2. The minimum Gasteiger partial charge on any atom is -0.357 e. The summed E-state index contributed by atoms with van der Waals surface area (Å²) in [5.41, 5.74) is 3.22. The van der Waals surface area contributed by atoms with Crippen LogP contribution in [-0.2, 0) is 10.0 Å². The lowest BCUT2D eigenvalue weighted by Crippen LogP contribution is -2.31. The van der Waals surface area contributed by atoms with Gasteiger partial charge in [0.2, 0.25) is 10.0 Å². The van der Waals surface area contributed by atoms with Gasteiger partial charge in [0.05, 0.1) is 10.9 Å². The van der Waals surface area contributed by atoms with E-state index in [0.29, 0.717) is 11.4 Å². The van der Waals surface area contributed by atoms with E-state index in [4.69, 9.17) is 0 Å². The van der Waals surface area contributed by atoms with E-state index in [2.05, 4.69) is 22.9 Å². The Labute approximate surface area is 162 Å². The molecule has 3 heterocycles. The lowest BCUT2D eigenvalue weighted by molar-refractivity contribution is 0.395. The first-order chi connectivity index (χ1) is 13.0. The van der Waals surface area contributed by atoms with E-state index in [1.807, 2.05) is 25.3 Å². The van der Waals surface area contributed by atoms with Gasteiger partial charge in [-0.05, 0) is 68.9 Å². The van der Waals surface area contributed by atoms with E-state index >= 15 is 0 Å². The molecule has 1 aromatic carbocycles. The molecule has 5 nitrogen and oxygen atoms in total. The van der Waals surface area contributed by atoms with Crippen LogP contribution in [0.25, 0.3) is 0 Å². The molecule has 27 heavy (non-hydrogen) atoms. The Hall–Kier alpha value is -1.92. The first-order valence-corrected chi connectivity index (χ1v) is 11.2. The summed E-state index contributed by atoms with van der Waals surface area (Å²) in [6.45, 7) is 6.72. The molecule has 6 heteroatoms. The maximum atomic E-state index is 13.2. The lowest BCUT2D eigenvalue weighted by Gasteiger charge is -2.26. The fourth-order valence-corrected chi connectivity index (χ4v) is 5.88. The topological polar surface area (TPSA) is 53.5 Å². The summed E-state index contributed by atoms with van der Waals surface area (Å²) in [5, 5.41) is 0. The predicted octanol–water partition coefficient (Wildman–Crippen LogP) is 3.82. The largest absolute Gasteiger partial charge is 0.357 e. The summed E-state index contributed by atoms with van der Waals surface area (Å²) in [5.74, 6) is 1.01. The van der Waals surface area contributed by atoms with Gasteiger partial charge in [0.1, 0.15) is 5.82 Å². The minimum absolute atomic E-state index is 0.128. The van der Waals surface area contributed by atoms with Gasteiger partial charge in [-0.25, -0.2) is 13.4 Å². The predicted molar refractivity (Wildman–Crippen MR) is 107 cm³/mol. The third-order valence-electron chi connectivity index (χ3n) is 5.76. The number of benzene rings is 1. The van der Waals surface area contributed by atoms with Crippen molar-refractivity contribution in [1.82, 2.24) is 9.29 Å². The van der Waals surface area contributed by atoms with Gasteiger partial charge >= 0.3 is 0 Å². The van der Waals surface area contributed by atoms with Crippen molar-refractivity contribution in [3.63, 3.8) is 0 Å². The van der Waals surface area contributed by atoms with Crippen molar-refractivity contribution in [2.24, 2.45) is 0 Å². The van der Waals surface area contributed by atoms with Crippen molar-refractivity contribution >= 4 is 15.8 Å². The molecule has 0 amide bonds. The van der Waals surface area contributed by atoms with E-state index in [9.17, 15) is 8.42 Å². The summed E-state index contributed by atoms with van der Waals surface area (Å²) >= 11 is 0. The van der Waals surface area contributed by atoms with Crippen molar-refractivity contribution in [2.45, 2.75) is 50.5 Å². The Balaban J connectivity index is 1.64. The molecule has 0 saturated carbocycles. The molecule has 1 atom stereocenters. The second-order valence-electron chi connectivity index (χ2n) is 7.68. The van der Waals surface area contributed by atoms with E-state index in [-0.39, 0.29) is 6.04 Å². The molecule has 144 valence electrons. The Kier molecular flexibility index (Phi) is 4.95. The zero-order valence-electron chi connectivity index (χ0n) is 16.1. The standard InChI is InChI=1S/C21H27N3O2S/c1-16-7-9-18(10-8-16)27(25,26)24-13-5-6-20(24)19-15-22-21(14-17(19)2)23-11-3-4-12-23/h7-10,14-15,20H,3-6,11-13H2,1-2H3. The zero-order chi connectivity index (χ0) is 19.0. The van der Waals surface area contributed by atoms with Crippen molar-refractivity contribution in [2.75, 3.05) is 24.5 Å². The fraction of sp³-hybridized carbons (Fsp3) is 0.476. The highest BCUT2D eigenvalue weighted by Gasteiger charge is 2.37. The molecule has 2 aromatic rings. The molecule has 2 saturated heterocycles. The maximum absolute atomic E-state index is 13.2. The molecule has 0 aliphatic carbocycles. The smallest absolute Gasteiger partial charge is 0.243 e. The van der Waals surface area contributed by atoms with Gasteiger partial charge in [0.15, 0.2) is 0 Å². The van der Waals surface area contributed by atoms with Crippen molar-refractivity contribution in [3.05, 3.63) is 53.2 Å². The Morgan fingerprint density at radius 3 is 2.37 bits per heavy atom. The molecule has 0 spiro atoms. The van der Waals surface area contributed by atoms with Crippen LogP contribution in [-0.4, -0.2) is 37.3 Å². The lowest BCUT2D eigenvalue weighted by atomic mass is 10.0. The van der Waals surface area contributed by atoms with Gasteiger partial charge < -0.3 is 4.90 Å². The number of aryl methyl sites for hydroxylation is 2. The van der Waals surface area contributed by atoms with Gasteiger partial charge in [-0.1, -0.05) is 17.7 Å². The molecule has 0 radical (unpaired) electrons.